The highest BCUT2D eigenvalue weighted by Gasteiger charge is 1.82. The van der Waals surface area contributed by atoms with Crippen molar-refractivity contribution in [1.82, 2.24) is 0 Å². The number of hydrogen-bond acceptors (Lipinski definition) is 5. The molecule has 0 saturated carbocycles. The normalized spacial score (nSPS) is 9.10. The van der Waals surface area contributed by atoms with Crippen LogP contribution in [0.5, 0.6) is 0 Å². The molecule has 7 nitrogen and oxygen atoms in total. The van der Waals surface area contributed by atoms with Crippen molar-refractivity contribution in [2.24, 2.45) is 5.73 Å². The van der Waals surface area contributed by atoms with Gasteiger partial charge in [0.25, 0.3) is 0 Å². The molecule has 0 spiro atoms. The molecule has 0 saturated heterocycles. The molecule has 0 bridgehead atoms. The Hall–Kier alpha value is -0.860. The maximum atomic E-state index is 8.63. The van der Waals surface area contributed by atoms with Gasteiger partial charge in [0.15, 0.2) is 0 Å². The Bertz CT molecular complexity index is 176. The van der Waals surface area contributed by atoms with Crippen LogP contribution in [0, 0.1) is 0 Å². The zero-order valence-corrected chi connectivity index (χ0v) is 5.88. The van der Waals surface area contributed by atoms with Crippen molar-refractivity contribution in [3.8, 4) is 0 Å². The average Bonchev–Trinajstić information content (AvgIpc) is 1.61. The fourth-order valence-electron chi connectivity index (χ4n) is 0. The summed E-state index contributed by atoms with van der Waals surface area (Å²) in [5, 5.41) is 6.30. The van der Waals surface area contributed by atoms with Crippen molar-refractivity contribution in [3.63, 3.8) is 0 Å². The van der Waals surface area contributed by atoms with E-state index in [2.05, 4.69) is 10.5 Å². The third kappa shape index (κ3) is 207. The van der Waals surface area contributed by atoms with E-state index < -0.39 is 10.4 Å². The van der Waals surface area contributed by atoms with Gasteiger partial charge in [0.2, 0.25) is 10.4 Å². The van der Waals surface area contributed by atoms with E-state index in [1.54, 1.807) is 0 Å². The summed E-state index contributed by atoms with van der Waals surface area (Å²) in [6, 6.07) is -0.245. The summed E-state index contributed by atoms with van der Waals surface area (Å²) in [5.74, 6) is 0. The molecule has 0 unspecified atom stereocenters. The summed E-state index contributed by atoms with van der Waals surface area (Å²) in [4.78, 5) is 0. The van der Waals surface area contributed by atoms with Gasteiger partial charge in [-0.3, -0.25) is 10.3 Å². The molecule has 4 N–H and O–H groups in total. The maximum Gasteiger partial charge on any atom is 0.480 e. The molecule has 0 aliphatic carbocycles. The van der Waals surface area contributed by atoms with Crippen LogP contribution in [-0.2, 0) is 15.1 Å². The van der Waals surface area contributed by atoms with Crippen molar-refractivity contribution in [2.75, 3.05) is 7.11 Å². The Labute approximate surface area is 57.9 Å². The van der Waals surface area contributed by atoms with Gasteiger partial charge in [-0.1, -0.05) is 5.41 Å². The number of nitrogens with two attached hydrogens (primary N) is 1. The first-order valence-corrected chi connectivity index (χ1v) is 3.20. The summed E-state index contributed by atoms with van der Waals surface area (Å²) in [7, 11) is -3.57. The minimum Gasteiger partial charge on any atom is -0.726 e. The van der Waals surface area contributed by atoms with Crippen LogP contribution in [0.25, 0.3) is 0 Å². The van der Waals surface area contributed by atoms with Crippen molar-refractivity contribution in [2.45, 2.75) is 0 Å². The SMILES string of the molecule is COC(=[NH+])N.O=S(=O)([O-])O. The number of nitrogens with one attached hydrogen (secondary N) is 1. The van der Waals surface area contributed by atoms with Crippen LogP contribution in [-0.4, -0.2) is 30.7 Å². The van der Waals surface area contributed by atoms with Gasteiger partial charge in [-0.25, -0.2) is 8.42 Å². The van der Waals surface area contributed by atoms with E-state index in [0.717, 1.165) is 0 Å². The van der Waals surface area contributed by atoms with Crippen LogP contribution >= 0.6 is 0 Å². The summed E-state index contributed by atoms with van der Waals surface area (Å²) < 4.78 is 36.9. The van der Waals surface area contributed by atoms with Crippen molar-refractivity contribution >= 4 is 16.4 Å². The highest BCUT2D eigenvalue weighted by Crippen LogP contribution is 1.58. The summed E-state index contributed by atoms with van der Waals surface area (Å²) in [6.45, 7) is 0. The predicted octanol–water partition coefficient (Wildman–Crippen LogP) is -3.50. The second kappa shape index (κ2) is 4.97. The molecule has 8 heteroatoms. The lowest BCUT2D eigenvalue weighted by molar-refractivity contribution is -0.139. The first kappa shape index (κ1) is 11.9. The number of rotatable bonds is 0. The van der Waals surface area contributed by atoms with Crippen LogP contribution in [0.3, 0.4) is 0 Å². The van der Waals surface area contributed by atoms with Crippen LogP contribution in [0.2, 0.25) is 0 Å². The van der Waals surface area contributed by atoms with E-state index in [4.69, 9.17) is 22.9 Å². The lowest BCUT2D eigenvalue weighted by atomic mass is 11.2. The molecule has 10 heavy (non-hydrogen) atoms. The van der Waals surface area contributed by atoms with Gasteiger partial charge in [0.1, 0.15) is 0 Å². The summed E-state index contributed by atoms with van der Waals surface area (Å²) in [6.07, 6.45) is 0. The van der Waals surface area contributed by atoms with Crippen LogP contribution < -0.4 is 11.1 Å². The minimum absolute atomic E-state index is 0.245. The Balaban J connectivity index is 0. The van der Waals surface area contributed by atoms with E-state index in [1.165, 1.54) is 7.11 Å². The Kier molecular flexibility index (Phi) is 5.90. The molecule has 61 valence electrons. The van der Waals surface area contributed by atoms with E-state index in [1.807, 2.05) is 0 Å². The fourth-order valence-corrected chi connectivity index (χ4v) is 0. The number of hydrogen-bond donors (Lipinski definition) is 3. The molecule has 0 aromatic rings. The maximum absolute atomic E-state index is 8.63. The van der Waals surface area contributed by atoms with Gasteiger partial charge in [-0.2, -0.15) is 0 Å². The Morgan fingerprint density at radius 3 is 1.90 bits per heavy atom. The van der Waals surface area contributed by atoms with Gasteiger partial charge in [0, 0.05) is 0 Å². The van der Waals surface area contributed by atoms with Crippen molar-refractivity contribution in [1.29, 1.82) is 0 Å². The van der Waals surface area contributed by atoms with Gasteiger partial charge in [0.05, 0.1) is 7.11 Å². The van der Waals surface area contributed by atoms with Crippen LogP contribution in [0.4, 0.5) is 0 Å². The second-order valence-corrected chi connectivity index (χ2v) is 1.85. The molecule has 0 aromatic carbocycles. The highest BCUT2D eigenvalue weighted by atomic mass is 32.3. The summed E-state index contributed by atoms with van der Waals surface area (Å²) in [5.41, 5.74) is 4.65. The first-order valence-electron chi connectivity index (χ1n) is 1.83. The van der Waals surface area contributed by atoms with Gasteiger partial charge >= 0.3 is 6.02 Å². The molecule has 0 atom stereocenters. The van der Waals surface area contributed by atoms with Gasteiger partial charge in [-0.15, -0.1) is 0 Å². The van der Waals surface area contributed by atoms with E-state index in [0.29, 0.717) is 0 Å². The summed E-state index contributed by atoms with van der Waals surface area (Å²) >= 11 is 0. The fraction of sp³-hybridized carbons (Fsp3) is 0.500. The minimum atomic E-state index is -4.92. The molecule has 0 heterocycles. The number of amidine groups is 1. The third-order valence-electron chi connectivity index (χ3n) is 0.220. The standard InChI is InChI=1S/C2H6N2O.H2O4S/c1-5-2(3)4;1-5(2,3)4/h3H,4H2,1H3;(H2,1,2,3,4)/q+1;/p-1. The van der Waals surface area contributed by atoms with Gasteiger partial charge < -0.3 is 9.29 Å². The molecule has 0 rings (SSSR count). The lowest BCUT2D eigenvalue weighted by Crippen LogP contribution is -2.46. The number of ether oxygens (including phenoxy) is 1. The van der Waals surface area contributed by atoms with E-state index in [9.17, 15) is 0 Å². The van der Waals surface area contributed by atoms with Gasteiger partial charge in [-0.05, 0) is 0 Å². The molecule has 0 aliphatic rings. The average molecular weight is 171 g/mol. The van der Waals surface area contributed by atoms with Crippen molar-refractivity contribution < 1.29 is 27.7 Å². The topological polar surface area (TPSA) is 136 Å². The quantitative estimate of drug-likeness (QED) is 0.150. The molecular weight excluding hydrogens is 164 g/mol. The van der Waals surface area contributed by atoms with E-state index >= 15 is 0 Å². The Morgan fingerprint density at radius 1 is 1.80 bits per heavy atom. The number of methoxy groups -OCH3 is 1. The highest BCUT2D eigenvalue weighted by molar-refractivity contribution is 7.79. The monoisotopic (exact) mass is 171 g/mol. The van der Waals surface area contributed by atoms with Crippen LogP contribution in [0.15, 0.2) is 0 Å². The largest absolute Gasteiger partial charge is 0.726 e. The second-order valence-electron chi connectivity index (χ2n) is 0.996. The lowest BCUT2D eigenvalue weighted by Gasteiger charge is -1.88. The predicted molar refractivity (Wildman–Crippen MR) is 29.5 cm³/mol. The zero-order chi connectivity index (χ0) is 8.78. The molecular formula is C2H7N2O5S. The molecule has 0 amide bonds. The van der Waals surface area contributed by atoms with Crippen LogP contribution in [0.1, 0.15) is 0 Å². The first-order chi connectivity index (χ1) is 4.27. The van der Waals surface area contributed by atoms with E-state index in [-0.39, 0.29) is 6.02 Å². The molecule has 0 aromatic heterocycles. The Morgan fingerprint density at radius 2 is 1.90 bits per heavy atom. The third-order valence-corrected chi connectivity index (χ3v) is 0.220. The molecule has 1 radical (unpaired) electrons. The smallest absolute Gasteiger partial charge is 0.480 e. The zero-order valence-electron chi connectivity index (χ0n) is 5.07. The molecule has 0 aliphatic heterocycles. The van der Waals surface area contributed by atoms with Crippen molar-refractivity contribution in [3.05, 3.63) is 0 Å². The molecule has 0 fully saturated rings.